The molecule has 1 heterocycles. The third-order valence-electron chi connectivity index (χ3n) is 2.88. The van der Waals surface area contributed by atoms with Crippen molar-refractivity contribution in [3.8, 4) is 0 Å². The van der Waals surface area contributed by atoms with Gasteiger partial charge >= 0.3 is 0 Å². The van der Waals surface area contributed by atoms with Gasteiger partial charge in [-0.1, -0.05) is 13.8 Å². The average Bonchev–Trinajstić information content (AvgIpc) is 2.14. The zero-order valence-electron chi connectivity index (χ0n) is 12.2. The molecule has 0 spiro atoms. The van der Waals surface area contributed by atoms with Gasteiger partial charge in [-0.3, -0.25) is 0 Å². The van der Waals surface area contributed by atoms with Gasteiger partial charge in [0.1, 0.15) is 0 Å². The Kier molecular flexibility index (Phi) is 4.95. The molecule has 4 heteroatoms. The summed E-state index contributed by atoms with van der Waals surface area (Å²) in [4.78, 5) is 2.22. The molecule has 0 radical (unpaired) electrons. The Labute approximate surface area is 106 Å². The quantitative estimate of drug-likeness (QED) is 0.791. The SMILES string of the molecule is CN(C)CC(C)(C)CNC1COC(C)(C)OC1. The van der Waals surface area contributed by atoms with Gasteiger partial charge in [0.15, 0.2) is 5.79 Å². The molecule has 0 unspecified atom stereocenters. The highest BCUT2D eigenvalue weighted by Crippen LogP contribution is 2.19. The van der Waals surface area contributed by atoms with Gasteiger partial charge in [-0.15, -0.1) is 0 Å². The average molecular weight is 244 g/mol. The Morgan fingerprint density at radius 2 is 1.76 bits per heavy atom. The van der Waals surface area contributed by atoms with Crippen LogP contribution in [0, 0.1) is 5.41 Å². The lowest BCUT2D eigenvalue weighted by molar-refractivity contribution is -0.253. The van der Waals surface area contributed by atoms with Crippen LogP contribution in [0.3, 0.4) is 0 Å². The van der Waals surface area contributed by atoms with Crippen molar-refractivity contribution < 1.29 is 9.47 Å². The summed E-state index contributed by atoms with van der Waals surface area (Å²) < 4.78 is 11.3. The standard InChI is InChI=1S/C13H28N2O2/c1-12(2,10-15(5)6)9-14-11-7-16-13(3,4)17-8-11/h11,14H,7-10H2,1-6H3. The minimum Gasteiger partial charge on any atom is -0.349 e. The molecule has 1 rings (SSSR count). The van der Waals surface area contributed by atoms with Crippen molar-refractivity contribution in [1.29, 1.82) is 0 Å². The van der Waals surface area contributed by atoms with E-state index < -0.39 is 5.79 Å². The topological polar surface area (TPSA) is 33.7 Å². The van der Waals surface area contributed by atoms with Crippen molar-refractivity contribution in [1.82, 2.24) is 10.2 Å². The number of nitrogens with zero attached hydrogens (tertiary/aromatic N) is 1. The maximum atomic E-state index is 5.63. The van der Waals surface area contributed by atoms with E-state index >= 15 is 0 Å². The molecule has 0 aliphatic carbocycles. The Morgan fingerprint density at radius 3 is 2.24 bits per heavy atom. The molecule has 4 nitrogen and oxygen atoms in total. The molecule has 0 bridgehead atoms. The van der Waals surface area contributed by atoms with Crippen molar-refractivity contribution in [2.45, 2.75) is 39.5 Å². The van der Waals surface area contributed by atoms with Gasteiger partial charge in [-0.05, 0) is 33.4 Å². The van der Waals surface area contributed by atoms with Crippen molar-refractivity contribution in [2.75, 3.05) is 40.4 Å². The Balaban J connectivity index is 2.27. The second kappa shape index (κ2) is 5.65. The van der Waals surface area contributed by atoms with Crippen molar-refractivity contribution in [3.63, 3.8) is 0 Å². The lowest BCUT2D eigenvalue weighted by Crippen LogP contribution is -2.51. The third kappa shape index (κ3) is 5.82. The van der Waals surface area contributed by atoms with E-state index in [1.54, 1.807) is 0 Å². The maximum absolute atomic E-state index is 5.63. The van der Waals surface area contributed by atoms with Gasteiger partial charge in [0.25, 0.3) is 0 Å². The molecule has 1 N–H and O–H groups in total. The summed E-state index contributed by atoms with van der Waals surface area (Å²) in [5.74, 6) is -0.419. The minimum atomic E-state index is -0.419. The highest BCUT2D eigenvalue weighted by molar-refractivity contribution is 4.79. The van der Waals surface area contributed by atoms with E-state index in [4.69, 9.17) is 9.47 Å². The number of hydrogen-bond acceptors (Lipinski definition) is 4. The molecule has 0 amide bonds. The fourth-order valence-electron chi connectivity index (χ4n) is 2.14. The second-order valence-corrected chi connectivity index (χ2v) is 6.50. The number of rotatable bonds is 5. The first-order valence-corrected chi connectivity index (χ1v) is 6.36. The smallest absolute Gasteiger partial charge is 0.162 e. The number of ether oxygens (including phenoxy) is 2. The second-order valence-electron chi connectivity index (χ2n) is 6.50. The summed E-state index contributed by atoms with van der Waals surface area (Å²) in [6, 6.07) is 0.310. The molecule has 0 atom stereocenters. The van der Waals surface area contributed by atoms with Crippen LogP contribution in [0.1, 0.15) is 27.7 Å². The van der Waals surface area contributed by atoms with E-state index in [0.29, 0.717) is 6.04 Å². The van der Waals surface area contributed by atoms with Crippen LogP contribution in [0.4, 0.5) is 0 Å². The summed E-state index contributed by atoms with van der Waals surface area (Å²) in [5, 5.41) is 3.53. The molecule has 1 fully saturated rings. The first-order chi connectivity index (χ1) is 7.70. The molecular weight excluding hydrogens is 216 g/mol. The summed E-state index contributed by atoms with van der Waals surface area (Å²) in [6.07, 6.45) is 0. The molecule has 1 aliphatic rings. The highest BCUT2D eigenvalue weighted by atomic mass is 16.7. The van der Waals surface area contributed by atoms with Crippen molar-refractivity contribution >= 4 is 0 Å². The van der Waals surface area contributed by atoms with Gasteiger partial charge in [-0.25, -0.2) is 0 Å². The van der Waals surface area contributed by atoms with E-state index in [-0.39, 0.29) is 5.41 Å². The molecule has 0 saturated carbocycles. The molecule has 0 aromatic heterocycles. The van der Waals surface area contributed by atoms with Crippen LogP contribution in [0.15, 0.2) is 0 Å². The monoisotopic (exact) mass is 244 g/mol. The van der Waals surface area contributed by atoms with Crippen LogP contribution in [-0.2, 0) is 9.47 Å². The van der Waals surface area contributed by atoms with Gasteiger partial charge in [0.2, 0.25) is 0 Å². The lowest BCUT2D eigenvalue weighted by atomic mass is 9.92. The Morgan fingerprint density at radius 1 is 1.24 bits per heavy atom. The van der Waals surface area contributed by atoms with Crippen LogP contribution < -0.4 is 5.32 Å². The van der Waals surface area contributed by atoms with Crippen LogP contribution in [0.25, 0.3) is 0 Å². The van der Waals surface area contributed by atoms with Crippen LogP contribution in [0.5, 0.6) is 0 Å². The van der Waals surface area contributed by atoms with Gasteiger partial charge in [0, 0.05) is 13.1 Å². The summed E-state index contributed by atoms with van der Waals surface area (Å²) >= 11 is 0. The van der Waals surface area contributed by atoms with E-state index in [1.807, 2.05) is 13.8 Å². The molecule has 0 aromatic carbocycles. The van der Waals surface area contributed by atoms with Crippen LogP contribution in [-0.4, -0.2) is 57.1 Å². The van der Waals surface area contributed by atoms with Crippen LogP contribution in [0.2, 0.25) is 0 Å². The summed E-state index contributed by atoms with van der Waals surface area (Å²) in [5.41, 5.74) is 0.260. The first kappa shape index (κ1) is 14.9. The number of hydrogen-bond donors (Lipinski definition) is 1. The van der Waals surface area contributed by atoms with E-state index in [2.05, 4.69) is 38.2 Å². The predicted molar refractivity (Wildman–Crippen MR) is 70.1 cm³/mol. The van der Waals surface area contributed by atoms with Crippen molar-refractivity contribution in [3.05, 3.63) is 0 Å². The normalized spacial score (nSPS) is 22.1. The van der Waals surface area contributed by atoms with Crippen LogP contribution >= 0.6 is 0 Å². The fourth-order valence-corrected chi connectivity index (χ4v) is 2.14. The minimum absolute atomic E-state index is 0.260. The van der Waals surface area contributed by atoms with E-state index in [9.17, 15) is 0 Å². The third-order valence-corrected chi connectivity index (χ3v) is 2.88. The number of nitrogens with one attached hydrogen (secondary N) is 1. The first-order valence-electron chi connectivity index (χ1n) is 6.36. The zero-order chi connectivity index (χ0) is 13.1. The maximum Gasteiger partial charge on any atom is 0.162 e. The van der Waals surface area contributed by atoms with Gasteiger partial charge in [0.05, 0.1) is 19.3 Å². The van der Waals surface area contributed by atoms with E-state index in [0.717, 1.165) is 26.3 Å². The Bertz CT molecular complexity index is 230. The molecule has 1 saturated heterocycles. The highest BCUT2D eigenvalue weighted by Gasteiger charge is 2.29. The molecule has 102 valence electrons. The van der Waals surface area contributed by atoms with E-state index in [1.165, 1.54) is 0 Å². The molecule has 1 aliphatic heterocycles. The molecule has 17 heavy (non-hydrogen) atoms. The Hall–Kier alpha value is -0.160. The van der Waals surface area contributed by atoms with Gasteiger partial charge < -0.3 is 19.7 Å². The molecular formula is C13H28N2O2. The fraction of sp³-hybridized carbons (Fsp3) is 1.00. The molecule has 0 aromatic rings. The van der Waals surface area contributed by atoms with Gasteiger partial charge in [-0.2, -0.15) is 0 Å². The summed E-state index contributed by atoms with van der Waals surface area (Å²) in [7, 11) is 4.22. The largest absolute Gasteiger partial charge is 0.349 e. The predicted octanol–water partition coefficient (Wildman–Crippen LogP) is 1.32. The zero-order valence-corrected chi connectivity index (χ0v) is 12.2. The summed E-state index contributed by atoms with van der Waals surface area (Å²) in [6.45, 7) is 12.0. The van der Waals surface area contributed by atoms with Crippen molar-refractivity contribution in [2.24, 2.45) is 5.41 Å². The lowest BCUT2D eigenvalue weighted by Gasteiger charge is -2.37.